The van der Waals surface area contributed by atoms with Crippen molar-refractivity contribution in [1.29, 1.82) is 0 Å². The van der Waals surface area contributed by atoms with E-state index in [0.717, 1.165) is 30.6 Å². The molecule has 1 aliphatic carbocycles. The zero-order chi connectivity index (χ0) is 15.1. The molecular weight excluding hydrogens is 264 g/mol. The number of nitrogens with two attached hydrogens (primary N) is 1. The van der Waals surface area contributed by atoms with Gasteiger partial charge in [0.1, 0.15) is 12.4 Å². The number of benzene rings is 1. The maximum absolute atomic E-state index is 12.0. The minimum atomic E-state index is 0.0656. The van der Waals surface area contributed by atoms with Crippen molar-refractivity contribution in [1.82, 2.24) is 5.32 Å². The number of nitrogens with one attached hydrogen (secondary N) is 1. The smallest absolute Gasteiger partial charge is 0.220 e. The molecule has 2 atom stereocenters. The Bertz CT molecular complexity index is 487. The summed E-state index contributed by atoms with van der Waals surface area (Å²) in [6.45, 7) is 4.58. The third kappa shape index (κ3) is 4.60. The van der Waals surface area contributed by atoms with Gasteiger partial charge in [-0.05, 0) is 24.8 Å². The van der Waals surface area contributed by atoms with E-state index in [1.165, 1.54) is 0 Å². The van der Waals surface area contributed by atoms with Gasteiger partial charge < -0.3 is 15.8 Å². The molecule has 2 rings (SSSR count). The van der Waals surface area contributed by atoms with Gasteiger partial charge in [0, 0.05) is 24.6 Å². The Kier molecular flexibility index (Phi) is 5.81. The molecule has 4 nitrogen and oxygen atoms in total. The van der Waals surface area contributed by atoms with Crippen LogP contribution in [0.5, 0.6) is 5.75 Å². The Hall–Kier alpha value is -1.81. The topological polar surface area (TPSA) is 64.3 Å². The van der Waals surface area contributed by atoms with Crippen molar-refractivity contribution < 1.29 is 9.53 Å². The van der Waals surface area contributed by atoms with E-state index in [-0.39, 0.29) is 11.9 Å². The molecule has 1 fully saturated rings. The molecule has 1 aliphatic rings. The van der Waals surface area contributed by atoms with E-state index in [2.05, 4.69) is 11.9 Å². The van der Waals surface area contributed by atoms with Gasteiger partial charge in [-0.15, -0.1) is 0 Å². The number of carbonyl (C=O) groups is 1. The molecule has 114 valence electrons. The van der Waals surface area contributed by atoms with Crippen LogP contribution in [0.15, 0.2) is 36.9 Å². The Morgan fingerprint density at radius 1 is 1.43 bits per heavy atom. The van der Waals surface area contributed by atoms with Crippen molar-refractivity contribution in [3.05, 3.63) is 42.5 Å². The lowest BCUT2D eigenvalue weighted by Gasteiger charge is -2.15. The van der Waals surface area contributed by atoms with E-state index < -0.39 is 0 Å². The molecule has 0 bridgehead atoms. The first-order chi connectivity index (χ1) is 10.2. The zero-order valence-corrected chi connectivity index (χ0v) is 12.4. The van der Waals surface area contributed by atoms with Gasteiger partial charge in [-0.2, -0.15) is 0 Å². The molecule has 1 amide bonds. The van der Waals surface area contributed by atoms with Gasteiger partial charge in [0.05, 0.1) is 0 Å². The van der Waals surface area contributed by atoms with Gasteiger partial charge >= 0.3 is 0 Å². The molecule has 1 aromatic rings. The Morgan fingerprint density at radius 3 is 2.95 bits per heavy atom. The molecule has 3 N–H and O–H groups in total. The molecule has 0 aromatic heterocycles. The molecule has 1 aromatic carbocycles. The lowest BCUT2D eigenvalue weighted by Crippen LogP contribution is -2.31. The third-order valence-electron chi connectivity index (χ3n) is 3.97. The minimum Gasteiger partial charge on any atom is -0.489 e. The van der Waals surface area contributed by atoms with Gasteiger partial charge in [0.25, 0.3) is 0 Å². The van der Waals surface area contributed by atoms with Gasteiger partial charge in [0.15, 0.2) is 0 Å². The summed E-state index contributed by atoms with van der Waals surface area (Å²) in [4.78, 5) is 12.0. The predicted octanol–water partition coefficient (Wildman–Crippen LogP) is 2.39. The summed E-state index contributed by atoms with van der Waals surface area (Å²) in [5.41, 5.74) is 6.98. The fourth-order valence-electron chi connectivity index (χ4n) is 2.76. The highest BCUT2D eigenvalue weighted by Gasteiger charge is 2.25. The fourth-order valence-corrected chi connectivity index (χ4v) is 2.76. The zero-order valence-electron chi connectivity index (χ0n) is 12.4. The monoisotopic (exact) mass is 288 g/mol. The number of hydrogen-bond donors (Lipinski definition) is 2. The van der Waals surface area contributed by atoms with Crippen LogP contribution in [0.3, 0.4) is 0 Å². The van der Waals surface area contributed by atoms with Crippen LogP contribution in [0, 0.1) is 5.92 Å². The van der Waals surface area contributed by atoms with Gasteiger partial charge in [-0.1, -0.05) is 37.3 Å². The van der Waals surface area contributed by atoms with Crippen LogP contribution < -0.4 is 15.8 Å². The second-order valence-electron chi connectivity index (χ2n) is 5.54. The Labute approximate surface area is 126 Å². The third-order valence-corrected chi connectivity index (χ3v) is 3.97. The van der Waals surface area contributed by atoms with E-state index in [0.29, 0.717) is 25.5 Å². The highest BCUT2D eigenvalue weighted by Crippen LogP contribution is 2.26. The number of ether oxygens (including phenoxy) is 1. The van der Waals surface area contributed by atoms with E-state index in [4.69, 9.17) is 10.5 Å². The largest absolute Gasteiger partial charge is 0.489 e. The van der Waals surface area contributed by atoms with Crippen LogP contribution in [-0.4, -0.2) is 18.6 Å². The molecule has 0 unspecified atom stereocenters. The minimum absolute atomic E-state index is 0.0656. The van der Waals surface area contributed by atoms with Crippen molar-refractivity contribution in [2.75, 3.05) is 6.61 Å². The molecule has 21 heavy (non-hydrogen) atoms. The average molecular weight is 288 g/mol. The molecule has 0 saturated heterocycles. The van der Waals surface area contributed by atoms with Gasteiger partial charge in [-0.3, -0.25) is 4.79 Å². The van der Waals surface area contributed by atoms with Crippen LogP contribution in [-0.2, 0) is 11.3 Å². The number of carbonyl (C=O) groups excluding carboxylic acids is 1. The number of rotatable bonds is 7. The maximum Gasteiger partial charge on any atom is 0.220 e. The van der Waals surface area contributed by atoms with E-state index in [9.17, 15) is 4.79 Å². The average Bonchev–Trinajstić information content (AvgIpc) is 2.89. The maximum atomic E-state index is 12.0. The van der Waals surface area contributed by atoms with E-state index in [1.807, 2.05) is 24.3 Å². The second kappa shape index (κ2) is 7.84. The van der Waals surface area contributed by atoms with Crippen molar-refractivity contribution >= 4 is 5.91 Å². The molecule has 0 aliphatic heterocycles. The van der Waals surface area contributed by atoms with Crippen molar-refractivity contribution in [3.8, 4) is 5.75 Å². The first-order valence-electron chi connectivity index (χ1n) is 7.54. The highest BCUT2D eigenvalue weighted by atomic mass is 16.5. The van der Waals surface area contributed by atoms with Gasteiger partial charge in [0.2, 0.25) is 5.91 Å². The molecule has 0 heterocycles. The lowest BCUT2D eigenvalue weighted by atomic mass is 10.00. The Balaban J connectivity index is 1.84. The van der Waals surface area contributed by atoms with Crippen LogP contribution in [0.2, 0.25) is 0 Å². The van der Waals surface area contributed by atoms with Crippen LogP contribution in [0.1, 0.15) is 31.2 Å². The summed E-state index contributed by atoms with van der Waals surface area (Å²) < 4.78 is 5.58. The number of amides is 1. The lowest BCUT2D eigenvalue weighted by molar-refractivity contribution is -0.122. The van der Waals surface area contributed by atoms with Crippen LogP contribution in [0.4, 0.5) is 0 Å². The van der Waals surface area contributed by atoms with E-state index >= 15 is 0 Å². The summed E-state index contributed by atoms with van der Waals surface area (Å²) in [6.07, 6.45) is 5.47. The van der Waals surface area contributed by atoms with Crippen LogP contribution in [0.25, 0.3) is 0 Å². The number of para-hydroxylation sites is 1. The van der Waals surface area contributed by atoms with Crippen molar-refractivity contribution in [3.63, 3.8) is 0 Å². The summed E-state index contributed by atoms with van der Waals surface area (Å²) in [5.74, 6) is 1.18. The van der Waals surface area contributed by atoms with Crippen LogP contribution >= 0.6 is 0 Å². The quantitative estimate of drug-likeness (QED) is 0.757. The molecule has 1 saturated carbocycles. The SMILES string of the molecule is C=CCOc1ccccc1CNC(=O)C[C@@H]1CCC[C@H]1N. The van der Waals surface area contributed by atoms with Crippen molar-refractivity contribution in [2.24, 2.45) is 11.7 Å². The van der Waals surface area contributed by atoms with Crippen molar-refractivity contribution in [2.45, 2.75) is 38.3 Å². The normalized spacial score (nSPS) is 21.0. The van der Waals surface area contributed by atoms with E-state index in [1.54, 1.807) is 6.08 Å². The molecule has 4 heteroatoms. The summed E-state index contributed by atoms with van der Waals surface area (Å²) in [5, 5.41) is 2.96. The fraction of sp³-hybridized carbons (Fsp3) is 0.471. The first kappa shape index (κ1) is 15.6. The molecule has 0 radical (unpaired) electrons. The Morgan fingerprint density at radius 2 is 2.24 bits per heavy atom. The first-order valence-corrected chi connectivity index (χ1v) is 7.54. The summed E-state index contributed by atoms with van der Waals surface area (Å²) in [6, 6.07) is 7.90. The highest BCUT2D eigenvalue weighted by molar-refractivity contribution is 5.76. The van der Waals surface area contributed by atoms with Gasteiger partial charge in [-0.25, -0.2) is 0 Å². The predicted molar refractivity (Wildman–Crippen MR) is 83.9 cm³/mol. The second-order valence-corrected chi connectivity index (χ2v) is 5.54. The standard InChI is InChI=1S/C17H24N2O2/c1-2-10-21-16-9-4-3-6-14(16)12-19-17(20)11-13-7-5-8-15(13)18/h2-4,6,9,13,15H,1,5,7-8,10-12,18H2,(H,19,20)/t13-,15+/m0/s1. The number of hydrogen-bond acceptors (Lipinski definition) is 3. The summed E-state index contributed by atoms with van der Waals surface area (Å²) >= 11 is 0. The molecule has 0 spiro atoms. The molecular formula is C17H24N2O2. The summed E-state index contributed by atoms with van der Waals surface area (Å²) in [7, 11) is 0.